The number of hydrogen-bond donors (Lipinski definition) is 2. The van der Waals surface area contributed by atoms with Crippen molar-refractivity contribution in [2.24, 2.45) is 0 Å². The van der Waals surface area contributed by atoms with E-state index >= 15 is 0 Å². The summed E-state index contributed by atoms with van der Waals surface area (Å²) in [6, 6.07) is 7.28. The van der Waals surface area contributed by atoms with Gasteiger partial charge in [-0.05, 0) is 30.5 Å². The van der Waals surface area contributed by atoms with Crippen molar-refractivity contribution in [3.63, 3.8) is 0 Å². The quantitative estimate of drug-likeness (QED) is 0.821. The van der Waals surface area contributed by atoms with Gasteiger partial charge in [0, 0.05) is 32.2 Å². The fourth-order valence-corrected chi connectivity index (χ4v) is 3.68. The van der Waals surface area contributed by atoms with E-state index in [4.69, 9.17) is 0 Å². The van der Waals surface area contributed by atoms with Crippen LogP contribution in [0.2, 0.25) is 0 Å². The van der Waals surface area contributed by atoms with E-state index in [1.165, 1.54) is 0 Å². The first-order chi connectivity index (χ1) is 10.6. The molecule has 1 aromatic carbocycles. The van der Waals surface area contributed by atoms with Gasteiger partial charge in [-0.1, -0.05) is 12.1 Å². The standard InChI is InChI=1S/C15H22F2N2O3S/c1-15(16,17)11-23(21,22)18-10-12-2-4-13(5-3-12)19-8-6-14(20)7-9-19/h2-5,14,18,20H,6-11H2,1H3. The van der Waals surface area contributed by atoms with Crippen LogP contribution in [0.4, 0.5) is 14.5 Å². The van der Waals surface area contributed by atoms with Crippen LogP contribution in [-0.4, -0.2) is 44.4 Å². The number of nitrogens with zero attached hydrogens (tertiary/aromatic N) is 1. The number of aliphatic hydroxyl groups is 1. The topological polar surface area (TPSA) is 69.6 Å². The predicted octanol–water partition coefficient (Wildman–Crippen LogP) is 1.72. The third-order valence-corrected chi connectivity index (χ3v) is 5.18. The van der Waals surface area contributed by atoms with Crippen LogP contribution < -0.4 is 9.62 Å². The molecule has 1 saturated heterocycles. The Kier molecular flexibility index (Phi) is 5.59. The summed E-state index contributed by atoms with van der Waals surface area (Å²) in [4.78, 5) is 2.15. The second kappa shape index (κ2) is 7.11. The fraction of sp³-hybridized carbons (Fsp3) is 0.600. The lowest BCUT2D eigenvalue weighted by Crippen LogP contribution is -2.35. The van der Waals surface area contributed by atoms with Gasteiger partial charge in [-0.3, -0.25) is 0 Å². The Hall–Kier alpha value is -1.25. The number of aliphatic hydroxyl groups excluding tert-OH is 1. The monoisotopic (exact) mass is 348 g/mol. The van der Waals surface area contributed by atoms with E-state index in [2.05, 4.69) is 9.62 Å². The van der Waals surface area contributed by atoms with Crippen LogP contribution in [0.25, 0.3) is 0 Å². The van der Waals surface area contributed by atoms with Crippen molar-refractivity contribution in [3.8, 4) is 0 Å². The van der Waals surface area contributed by atoms with E-state index in [0.717, 1.165) is 31.6 Å². The number of anilines is 1. The molecule has 0 unspecified atom stereocenters. The molecule has 2 rings (SSSR count). The highest BCUT2D eigenvalue weighted by Crippen LogP contribution is 2.20. The lowest BCUT2D eigenvalue weighted by Gasteiger charge is -2.31. The van der Waals surface area contributed by atoms with Gasteiger partial charge in [0.2, 0.25) is 10.0 Å². The Balaban J connectivity index is 1.90. The summed E-state index contributed by atoms with van der Waals surface area (Å²) >= 11 is 0. The average molecular weight is 348 g/mol. The molecule has 1 aromatic rings. The molecule has 0 spiro atoms. The molecule has 0 amide bonds. The van der Waals surface area contributed by atoms with Gasteiger partial charge < -0.3 is 10.0 Å². The minimum atomic E-state index is -4.01. The van der Waals surface area contributed by atoms with Crippen LogP contribution in [0.5, 0.6) is 0 Å². The summed E-state index contributed by atoms with van der Waals surface area (Å²) in [7, 11) is -4.01. The molecule has 5 nitrogen and oxygen atoms in total. The molecule has 130 valence electrons. The van der Waals surface area contributed by atoms with Crippen molar-refractivity contribution >= 4 is 15.7 Å². The molecule has 0 aliphatic carbocycles. The zero-order chi connectivity index (χ0) is 17.1. The van der Waals surface area contributed by atoms with E-state index in [9.17, 15) is 22.3 Å². The van der Waals surface area contributed by atoms with Gasteiger partial charge in [0.15, 0.2) is 0 Å². The summed E-state index contributed by atoms with van der Waals surface area (Å²) < 4.78 is 50.8. The zero-order valence-corrected chi connectivity index (χ0v) is 13.8. The summed E-state index contributed by atoms with van der Waals surface area (Å²) in [5.74, 6) is -4.47. The first-order valence-electron chi connectivity index (χ1n) is 7.52. The molecular formula is C15H22F2N2O3S. The second-order valence-electron chi connectivity index (χ2n) is 6.04. The lowest BCUT2D eigenvalue weighted by molar-refractivity contribution is 0.0471. The van der Waals surface area contributed by atoms with Crippen LogP contribution in [0.1, 0.15) is 25.3 Å². The maximum Gasteiger partial charge on any atom is 0.260 e. The van der Waals surface area contributed by atoms with E-state index in [0.29, 0.717) is 12.5 Å². The highest BCUT2D eigenvalue weighted by Gasteiger charge is 2.29. The average Bonchev–Trinajstić information content (AvgIpc) is 2.44. The number of nitrogens with one attached hydrogen (secondary N) is 1. The SMILES string of the molecule is CC(F)(F)CS(=O)(=O)NCc1ccc(N2CCC(O)CC2)cc1. The molecule has 0 radical (unpaired) electrons. The van der Waals surface area contributed by atoms with E-state index in [1.54, 1.807) is 12.1 Å². The highest BCUT2D eigenvalue weighted by molar-refractivity contribution is 7.89. The molecule has 1 fully saturated rings. The van der Waals surface area contributed by atoms with Gasteiger partial charge in [0.05, 0.1) is 6.10 Å². The summed E-state index contributed by atoms with van der Waals surface area (Å²) in [6.45, 7) is 2.12. The molecule has 1 heterocycles. The number of rotatable bonds is 6. The zero-order valence-electron chi connectivity index (χ0n) is 13.0. The van der Waals surface area contributed by atoms with Crippen LogP contribution in [0.15, 0.2) is 24.3 Å². The molecule has 1 aliphatic rings. The second-order valence-corrected chi connectivity index (χ2v) is 7.84. The molecular weight excluding hydrogens is 326 g/mol. The van der Waals surface area contributed by atoms with E-state index < -0.39 is 21.7 Å². The first kappa shape index (κ1) is 18.1. The summed E-state index contributed by atoms with van der Waals surface area (Å²) in [6.07, 6.45) is 1.22. The smallest absolute Gasteiger partial charge is 0.260 e. The Morgan fingerprint density at radius 1 is 1.26 bits per heavy atom. The minimum absolute atomic E-state index is 0.0165. The number of piperidine rings is 1. The molecule has 2 N–H and O–H groups in total. The molecule has 0 aromatic heterocycles. The Morgan fingerprint density at radius 3 is 2.35 bits per heavy atom. The van der Waals surface area contributed by atoms with Crippen molar-refractivity contribution in [3.05, 3.63) is 29.8 Å². The molecule has 23 heavy (non-hydrogen) atoms. The normalized spacial score (nSPS) is 17.5. The Morgan fingerprint density at radius 2 is 1.83 bits per heavy atom. The maximum absolute atomic E-state index is 12.8. The molecule has 0 bridgehead atoms. The molecule has 0 saturated carbocycles. The fourth-order valence-electron chi connectivity index (χ4n) is 2.53. The van der Waals surface area contributed by atoms with Crippen LogP contribution >= 0.6 is 0 Å². The Bertz CT molecular complexity index is 607. The van der Waals surface area contributed by atoms with Gasteiger partial charge in [0.25, 0.3) is 5.92 Å². The highest BCUT2D eigenvalue weighted by atomic mass is 32.2. The molecule has 1 aliphatic heterocycles. The van der Waals surface area contributed by atoms with Crippen molar-refractivity contribution in [2.45, 2.75) is 38.3 Å². The third-order valence-electron chi connectivity index (χ3n) is 3.71. The Labute approximate surface area is 135 Å². The van der Waals surface area contributed by atoms with Gasteiger partial charge in [-0.2, -0.15) is 0 Å². The largest absolute Gasteiger partial charge is 0.393 e. The lowest BCUT2D eigenvalue weighted by atomic mass is 10.1. The minimum Gasteiger partial charge on any atom is -0.393 e. The molecule has 8 heteroatoms. The number of hydrogen-bond acceptors (Lipinski definition) is 4. The van der Waals surface area contributed by atoms with E-state index in [-0.39, 0.29) is 12.6 Å². The van der Waals surface area contributed by atoms with E-state index in [1.807, 2.05) is 12.1 Å². The van der Waals surface area contributed by atoms with Crippen LogP contribution in [0.3, 0.4) is 0 Å². The van der Waals surface area contributed by atoms with Crippen LogP contribution in [-0.2, 0) is 16.6 Å². The maximum atomic E-state index is 12.8. The van der Waals surface area contributed by atoms with Gasteiger partial charge in [0.1, 0.15) is 5.75 Å². The molecule has 0 atom stereocenters. The van der Waals surface area contributed by atoms with Gasteiger partial charge >= 0.3 is 0 Å². The summed E-state index contributed by atoms with van der Waals surface area (Å²) in [5, 5.41) is 9.50. The van der Waals surface area contributed by atoms with Crippen molar-refractivity contribution in [2.75, 3.05) is 23.7 Å². The predicted molar refractivity (Wildman–Crippen MR) is 85.1 cm³/mol. The van der Waals surface area contributed by atoms with Crippen LogP contribution in [0, 0.1) is 0 Å². The van der Waals surface area contributed by atoms with Gasteiger partial charge in [-0.25, -0.2) is 21.9 Å². The van der Waals surface area contributed by atoms with Crippen molar-refractivity contribution in [1.29, 1.82) is 0 Å². The number of alkyl halides is 2. The first-order valence-corrected chi connectivity index (χ1v) is 9.17. The number of sulfonamides is 1. The number of benzene rings is 1. The van der Waals surface area contributed by atoms with Crippen molar-refractivity contribution < 1.29 is 22.3 Å². The number of halogens is 2. The third kappa shape index (κ3) is 6.04. The van der Waals surface area contributed by atoms with Crippen molar-refractivity contribution in [1.82, 2.24) is 4.72 Å². The summed E-state index contributed by atoms with van der Waals surface area (Å²) in [5.41, 5.74) is 1.71. The van der Waals surface area contributed by atoms with Gasteiger partial charge in [-0.15, -0.1) is 0 Å².